The van der Waals surface area contributed by atoms with Gasteiger partial charge in [0, 0.05) is 22.7 Å². The van der Waals surface area contributed by atoms with Crippen molar-refractivity contribution < 1.29 is 19.6 Å². The fourth-order valence-corrected chi connectivity index (χ4v) is 2.38. The highest BCUT2D eigenvalue weighted by Crippen LogP contribution is 2.32. The van der Waals surface area contributed by atoms with Gasteiger partial charge in [0.15, 0.2) is 11.6 Å². The molecule has 0 unspecified atom stereocenters. The lowest BCUT2D eigenvalue weighted by Crippen LogP contribution is -2.09. The third-order valence-corrected chi connectivity index (χ3v) is 3.56. The molecule has 0 saturated heterocycles. The van der Waals surface area contributed by atoms with Crippen LogP contribution in [0.2, 0.25) is 10.0 Å². The van der Waals surface area contributed by atoms with E-state index in [4.69, 9.17) is 23.2 Å². The van der Waals surface area contributed by atoms with Gasteiger partial charge >= 0.3 is 0 Å². The van der Waals surface area contributed by atoms with Crippen molar-refractivity contribution in [2.75, 3.05) is 0 Å². The Labute approximate surface area is 140 Å². The van der Waals surface area contributed by atoms with E-state index in [1.807, 2.05) is 0 Å². The van der Waals surface area contributed by atoms with E-state index in [1.54, 1.807) is 0 Å². The first-order valence-electron chi connectivity index (χ1n) is 6.28. The van der Waals surface area contributed by atoms with Crippen LogP contribution < -0.4 is 0 Å². The van der Waals surface area contributed by atoms with E-state index in [2.05, 4.69) is 0 Å². The average Bonchev–Trinajstić information content (AvgIpc) is 2.50. The van der Waals surface area contributed by atoms with E-state index in [-0.39, 0.29) is 26.9 Å². The zero-order valence-electron chi connectivity index (χ0n) is 11.5. The summed E-state index contributed by atoms with van der Waals surface area (Å²) in [7, 11) is 0. The van der Waals surface area contributed by atoms with Crippen LogP contribution in [0, 0.1) is 10.1 Å². The van der Waals surface area contributed by atoms with E-state index >= 15 is 0 Å². The van der Waals surface area contributed by atoms with Gasteiger partial charge in [0.05, 0.1) is 21.9 Å². The second-order valence-electron chi connectivity index (χ2n) is 4.61. The number of aromatic hydroxyl groups is 1. The van der Waals surface area contributed by atoms with E-state index in [1.165, 1.54) is 36.4 Å². The zero-order chi connectivity index (χ0) is 17.1. The molecule has 0 aliphatic rings. The number of Topliss-reactive ketones (excluding diaryl/α,β-unsaturated/α-hetero) is 2. The number of hydrogen-bond acceptors (Lipinski definition) is 5. The molecular formula is C15H9Cl2NO5. The molecule has 118 valence electrons. The Balaban J connectivity index is 2.20. The molecule has 0 radical (unpaired) electrons. The molecule has 2 rings (SSSR count). The molecule has 0 bridgehead atoms. The minimum Gasteiger partial charge on any atom is -0.506 e. The highest BCUT2D eigenvalue weighted by Gasteiger charge is 2.19. The van der Waals surface area contributed by atoms with Crippen LogP contribution in [0.4, 0.5) is 5.69 Å². The molecule has 0 fully saturated rings. The van der Waals surface area contributed by atoms with Crippen molar-refractivity contribution in [2.24, 2.45) is 0 Å². The Hall–Kier alpha value is -2.44. The number of carbonyl (C=O) groups is 2. The maximum atomic E-state index is 12.1. The largest absolute Gasteiger partial charge is 0.506 e. The van der Waals surface area contributed by atoms with Crippen molar-refractivity contribution in [3.63, 3.8) is 0 Å². The Kier molecular flexibility index (Phi) is 4.98. The highest BCUT2D eigenvalue weighted by molar-refractivity contribution is 6.36. The molecule has 0 amide bonds. The van der Waals surface area contributed by atoms with E-state index < -0.39 is 28.7 Å². The summed E-state index contributed by atoms with van der Waals surface area (Å²) in [5.41, 5.74) is -0.165. The van der Waals surface area contributed by atoms with Gasteiger partial charge in [-0.1, -0.05) is 23.2 Å². The van der Waals surface area contributed by atoms with Gasteiger partial charge in [-0.25, -0.2) is 0 Å². The molecule has 2 aromatic rings. The van der Waals surface area contributed by atoms with Crippen LogP contribution in [0.25, 0.3) is 0 Å². The van der Waals surface area contributed by atoms with Crippen LogP contribution >= 0.6 is 23.2 Å². The van der Waals surface area contributed by atoms with Crippen molar-refractivity contribution >= 4 is 40.5 Å². The molecule has 2 aromatic carbocycles. The lowest BCUT2D eigenvalue weighted by molar-refractivity contribution is -0.384. The number of nitro groups is 1. The lowest BCUT2D eigenvalue weighted by Gasteiger charge is -2.06. The molecule has 0 aliphatic heterocycles. The maximum Gasteiger partial charge on any atom is 0.269 e. The molecule has 6 nitrogen and oxygen atoms in total. The summed E-state index contributed by atoms with van der Waals surface area (Å²) in [6.45, 7) is 0. The SMILES string of the molecule is O=C(CC(=O)c1cc(Cl)cc(Cl)c1O)c1ccc([N+](=O)[O-])cc1. The number of carbonyl (C=O) groups excluding carboxylic acids is 2. The number of rotatable bonds is 5. The number of halogens is 2. The van der Waals surface area contributed by atoms with Gasteiger partial charge in [0.2, 0.25) is 0 Å². The average molecular weight is 354 g/mol. The summed E-state index contributed by atoms with van der Waals surface area (Å²) in [4.78, 5) is 34.1. The Morgan fingerprint density at radius 2 is 1.70 bits per heavy atom. The summed E-state index contributed by atoms with van der Waals surface area (Å²) in [6.07, 6.45) is -0.526. The summed E-state index contributed by atoms with van der Waals surface area (Å²) in [6, 6.07) is 7.36. The molecule has 0 aromatic heterocycles. The molecule has 0 aliphatic carbocycles. The molecule has 8 heteroatoms. The van der Waals surface area contributed by atoms with Crippen molar-refractivity contribution in [3.8, 4) is 5.75 Å². The number of nitrogens with zero attached hydrogens (tertiary/aromatic N) is 1. The van der Waals surface area contributed by atoms with Crippen LogP contribution in [-0.4, -0.2) is 21.6 Å². The highest BCUT2D eigenvalue weighted by atomic mass is 35.5. The summed E-state index contributed by atoms with van der Waals surface area (Å²) < 4.78 is 0. The number of ketones is 2. The van der Waals surface area contributed by atoms with Crippen molar-refractivity contribution in [1.82, 2.24) is 0 Å². The van der Waals surface area contributed by atoms with E-state index in [9.17, 15) is 24.8 Å². The summed E-state index contributed by atoms with van der Waals surface area (Å²) in [5.74, 6) is -1.65. The topological polar surface area (TPSA) is 97.5 Å². The Morgan fingerprint density at radius 3 is 2.26 bits per heavy atom. The zero-order valence-corrected chi connectivity index (χ0v) is 13.0. The molecule has 0 heterocycles. The Bertz CT molecular complexity index is 802. The van der Waals surface area contributed by atoms with Crippen LogP contribution in [0.1, 0.15) is 27.1 Å². The summed E-state index contributed by atoms with van der Waals surface area (Å²) >= 11 is 11.5. The second kappa shape index (κ2) is 6.76. The first-order valence-corrected chi connectivity index (χ1v) is 7.04. The fraction of sp³-hybridized carbons (Fsp3) is 0.0667. The molecule has 0 atom stereocenters. The summed E-state index contributed by atoms with van der Waals surface area (Å²) in [5, 5.41) is 20.4. The number of non-ortho nitro benzene ring substituents is 1. The van der Waals surface area contributed by atoms with Gasteiger partial charge in [0.1, 0.15) is 5.75 Å². The van der Waals surface area contributed by atoms with Gasteiger partial charge in [-0.3, -0.25) is 19.7 Å². The number of nitro benzene ring substituents is 1. The Morgan fingerprint density at radius 1 is 1.09 bits per heavy atom. The fourth-order valence-electron chi connectivity index (χ4n) is 1.89. The normalized spacial score (nSPS) is 10.3. The van der Waals surface area contributed by atoms with Crippen LogP contribution in [0.15, 0.2) is 36.4 Å². The monoisotopic (exact) mass is 353 g/mol. The van der Waals surface area contributed by atoms with Crippen LogP contribution in [-0.2, 0) is 0 Å². The molecule has 0 saturated carbocycles. The maximum absolute atomic E-state index is 12.1. The quantitative estimate of drug-likeness (QED) is 0.378. The second-order valence-corrected chi connectivity index (χ2v) is 5.45. The van der Waals surface area contributed by atoms with E-state index in [0.717, 1.165) is 0 Å². The predicted molar refractivity (Wildman–Crippen MR) is 84.5 cm³/mol. The number of hydrogen-bond donors (Lipinski definition) is 1. The standard InChI is InChI=1S/C15H9Cl2NO5/c16-9-5-11(15(21)12(17)6-9)14(20)7-13(19)8-1-3-10(4-2-8)18(22)23/h1-6,21H,7H2. The molecule has 0 spiro atoms. The minimum absolute atomic E-state index is 0.0939. The van der Waals surface area contributed by atoms with Crippen LogP contribution in [0.5, 0.6) is 5.75 Å². The minimum atomic E-state index is -0.657. The number of phenols is 1. The lowest BCUT2D eigenvalue weighted by atomic mass is 10.0. The molecular weight excluding hydrogens is 345 g/mol. The molecule has 23 heavy (non-hydrogen) atoms. The van der Waals surface area contributed by atoms with Gasteiger partial charge in [-0.2, -0.15) is 0 Å². The number of benzene rings is 2. The predicted octanol–water partition coefficient (Wildman–Crippen LogP) is 4.06. The molecule has 1 N–H and O–H groups in total. The number of phenolic OH excluding ortho intramolecular Hbond substituents is 1. The van der Waals surface area contributed by atoms with Gasteiger partial charge in [0.25, 0.3) is 5.69 Å². The van der Waals surface area contributed by atoms with Crippen LogP contribution in [0.3, 0.4) is 0 Å². The van der Waals surface area contributed by atoms with Crippen molar-refractivity contribution in [3.05, 3.63) is 67.7 Å². The van der Waals surface area contributed by atoms with Gasteiger partial charge < -0.3 is 5.11 Å². The van der Waals surface area contributed by atoms with Crippen molar-refractivity contribution in [1.29, 1.82) is 0 Å². The third kappa shape index (κ3) is 3.85. The van der Waals surface area contributed by atoms with Crippen molar-refractivity contribution in [2.45, 2.75) is 6.42 Å². The first-order chi connectivity index (χ1) is 10.8. The van der Waals surface area contributed by atoms with E-state index in [0.29, 0.717) is 0 Å². The smallest absolute Gasteiger partial charge is 0.269 e. The third-order valence-electron chi connectivity index (χ3n) is 3.05. The van der Waals surface area contributed by atoms with Gasteiger partial charge in [-0.05, 0) is 24.3 Å². The first kappa shape index (κ1) is 16.9. The van der Waals surface area contributed by atoms with Gasteiger partial charge in [-0.15, -0.1) is 0 Å².